The first-order valence-corrected chi connectivity index (χ1v) is 12.5. The summed E-state index contributed by atoms with van der Waals surface area (Å²) in [5.41, 5.74) is 2.66. The van der Waals surface area contributed by atoms with Crippen LogP contribution in [0.2, 0.25) is 5.02 Å². The fraction of sp³-hybridized carbons (Fsp3) is 0.0370. The fourth-order valence-corrected chi connectivity index (χ4v) is 5.17. The molecule has 36 heavy (non-hydrogen) atoms. The Morgan fingerprint density at radius 1 is 0.944 bits per heavy atom. The Bertz CT molecular complexity index is 1500. The SMILES string of the molecule is Cn1nc(-c2ccccc2)c(C=C2C(=O)NC(=S)N(c3ccc(Cl)cc3)C2=O)c1Sc1ccccc1. The van der Waals surface area contributed by atoms with Crippen molar-refractivity contribution in [2.75, 3.05) is 4.90 Å². The van der Waals surface area contributed by atoms with Crippen LogP contribution in [0.15, 0.2) is 100 Å². The van der Waals surface area contributed by atoms with Crippen LogP contribution >= 0.6 is 35.6 Å². The minimum Gasteiger partial charge on any atom is -0.298 e. The van der Waals surface area contributed by atoms with Crippen LogP contribution in [0.5, 0.6) is 0 Å². The zero-order valence-electron chi connectivity index (χ0n) is 19.0. The molecule has 0 unspecified atom stereocenters. The molecule has 6 nitrogen and oxygen atoms in total. The average molecular weight is 531 g/mol. The number of nitrogens with zero attached hydrogens (tertiary/aromatic N) is 3. The van der Waals surface area contributed by atoms with Gasteiger partial charge in [-0.3, -0.25) is 24.5 Å². The number of nitrogens with one attached hydrogen (secondary N) is 1. The first-order chi connectivity index (χ1) is 17.4. The monoisotopic (exact) mass is 530 g/mol. The normalized spacial score (nSPS) is 14.9. The van der Waals surface area contributed by atoms with Crippen LogP contribution < -0.4 is 10.2 Å². The Kier molecular flexibility index (Phi) is 6.73. The Hall–Kier alpha value is -3.72. The lowest BCUT2D eigenvalue weighted by atomic mass is 10.0. The highest BCUT2D eigenvalue weighted by Crippen LogP contribution is 2.37. The van der Waals surface area contributed by atoms with Crippen molar-refractivity contribution in [2.45, 2.75) is 9.92 Å². The third-order valence-electron chi connectivity index (χ3n) is 5.51. The predicted molar refractivity (Wildman–Crippen MR) is 147 cm³/mol. The molecule has 0 saturated carbocycles. The van der Waals surface area contributed by atoms with Gasteiger partial charge in [-0.05, 0) is 54.7 Å². The molecule has 1 N–H and O–H groups in total. The predicted octanol–water partition coefficient (Wildman–Crippen LogP) is 5.72. The zero-order chi connectivity index (χ0) is 25.2. The maximum absolute atomic E-state index is 13.6. The van der Waals surface area contributed by atoms with Gasteiger partial charge < -0.3 is 0 Å². The van der Waals surface area contributed by atoms with Crippen LogP contribution in [0.25, 0.3) is 17.3 Å². The summed E-state index contributed by atoms with van der Waals surface area (Å²) in [6.45, 7) is 0. The summed E-state index contributed by atoms with van der Waals surface area (Å²) in [7, 11) is 1.84. The highest BCUT2D eigenvalue weighted by atomic mass is 35.5. The number of anilines is 1. The van der Waals surface area contributed by atoms with Crippen LogP contribution in [0.4, 0.5) is 5.69 Å². The molecule has 1 aliphatic heterocycles. The van der Waals surface area contributed by atoms with E-state index in [-0.39, 0.29) is 10.7 Å². The number of aryl methyl sites for hydroxylation is 1. The van der Waals surface area contributed by atoms with Crippen molar-refractivity contribution in [3.8, 4) is 11.3 Å². The summed E-state index contributed by atoms with van der Waals surface area (Å²) in [5.74, 6) is -1.08. The van der Waals surface area contributed by atoms with Crippen LogP contribution in [0.3, 0.4) is 0 Å². The molecular formula is C27H19ClN4O2S2. The topological polar surface area (TPSA) is 67.2 Å². The van der Waals surface area contributed by atoms with Gasteiger partial charge in [0, 0.05) is 28.1 Å². The number of hydrogen-bond acceptors (Lipinski definition) is 5. The van der Waals surface area contributed by atoms with E-state index < -0.39 is 11.8 Å². The number of benzene rings is 3. The van der Waals surface area contributed by atoms with Crippen LogP contribution in [-0.4, -0.2) is 26.7 Å². The van der Waals surface area contributed by atoms with Gasteiger partial charge in [0.25, 0.3) is 11.8 Å². The minimum atomic E-state index is -0.561. The average Bonchev–Trinajstić information content (AvgIpc) is 3.18. The van der Waals surface area contributed by atoms with E-state index in [0.29, 0.717) is 22.0 Å². The molecule has 4 aromatic rings. The molecule has 2 amide bonds. The molecule has 9 heteroatoms. The van der Waals surface area contributed by atoms with Crippen LogP contribution in [-0.2, 0) is 16.6 Å². The van der Waals surface area contributed by atoms with Gasteiger partial charge in [-0.25, -0.2) is 0 Å². The van der Waals surface area contributed by atoms with E-state index in [9.17, 15) is 9.59 Å². The second kappa shape index (κ2) is 10.1. The van der Waals surface area contributed by atoms with Crippen LogP contribution in [0.1, 0.15) is 5.56 Å². The third kappa shape index (κ3) is 4.70. The van der Waals surface area contributed by atoms with Crippen molar-refractivity contribution in [1.29, 1.82) is 0 Å². The molecule has 0 spiro atoms. The maximum atomic E-state index is 13.6. The van der Waals surface area contributed by atoms with Crippen molar-refractivity contribution < 1.29 is 9.59 Å². The van der Waals surface area contributed by atoms with Gasteiger partial charge in [0.05, 0.1) is 5.69 Å². The zero-order valence-corrected chi connectivity index (χ0v) is 21.4. The molecule has 5 rings (SSSR count). The largest absolute Gasteiger partial charge is 0.298 e. The van der Waals surface area contributed by atoms with Gasteiger partial charge in [-0.15, -0.1) is 0 Å². The van der Waals surface area contributed by atoms with Crippen molar-refractivity contribution in [2.24, 2.45) is 7.05 Å². The summed E-state index contributed by atoms with van der Waals surface area (Å²) in [5, 5.41) is 8.72. The number of rotatable bonds is 5. The van der Waals surface area contributed by atoms with E-state index >= 15 is 0 Å². The van der Waals surface area contributed by atoms with Crippen molar-refractivity contribution in [3.63, 3.8) is 0 Å². The standard InChI is InChI=1S/C27H19ClN4O2S2/c1-31-26(36-20-10-6-3-7-11-20)21(23(30-31)17-8-4-2-5-9-17)16-22-24(33)29-27(35)32(25(22)34)19-14-12-18(28)13-15-19/h2-16H,1H3,(H,29,33,35). The number of thiocarbonyl (C=S) groups is 1. The molecule has 0 aliphatic carbocycles. The Morgan fingerprint density at radius 2 is 1.58 bits per heavy atom. The fourth-order valence-electron chi connectivity index (χ4n) is 3.81. The molecule has 178 valence electrons. The number of hydrogen-bond donors (Lipinski definition) is 1. The van der Waals surface area contributed by atoms with E-state index in [1.165, 1.54) is 16.7 Å². The number of amides is 2. The minimum absolute atomic E-state index is 0.0119. The highest BCUT2D eigenvalue weighted by Gasteiger charge is 2.35. The highest BCUT2D eigenvalue weighted by molar-refractivity contribution is 7.99. The molecule has 1 aromatic heterocycles. The molecule has 0 radical (unpaired) electrons. The van der Waals surface area contributed by atoms with E-state index in [1.54, 1.807) is 35.0 Å². The third-order valence-corrected chi connectivity index (χ3v) is 7.23. The Labute approximate surface area is 222 Å². The molecule has 2 heterocycles. The van der Waals surface area contributed by atoms with Crippen molar-refractivity contribution in [3.05, 3.63) is 101 Å². The molecule has 1 saturated heterocycles. The number of carbonyl (C=O) groups excluding carboxylic acids is 2. The van der Waals surface area contributed by atoms with Crippen LogP contribution in [0, 0.1) is 0 Å². The smallest absolute Gasteiger partial charge is 0.270 e. The summed E-state index contributed by atoms with van der Waals surface area (Å²) in [6, 6.07) is 26.2. The van der Waals surface area contributed by atoms with E-state index in [1.807, 2.05) is 67.7 Å². The molecule has 0 atom stereocenters. The van der Waals surface area contributed by atoms with Crippen molar-refractivity contribution >= 4 is 64.3 Å². The Balaban J connectivity index is 1.65. The maximum Gasteiger partial charge on any atom is 0.270 e. The van der Waals surface area contributed by atoms with Gasteiger partial charge in [-0.2, -0.15) is 5.10 Å². The quantitative estimate of drug-likeness (QED) is 0.203. The van der Waals surface area contributed by atoms with Gasteiger partial charge in [0.15, 0.2) is 5.11 Å². The number of halogens is 1. The second-order valence-corrected chi connectivity index (χ2v) is 9.79. The molecule has 1 aliphatic rings. The van der Waals surface area contributed by atoms with Gasteiger partial charge in [-0.1, -0.05) is 71.9 Å². The summed E-state index contributed by atoms with van der Waals surface area (Å²) >= 11 is 12.8. The number of aromatic nitrogens is 2. The summed E-state index contributed by atoms with van der Waals surface area (Å²) in [6.07, 6.45) is 1.60. The molecule has 0 bridgehead atoms. The van der Waals surface area contributed by atoms with E-state index in [2.05, 4.69) is 5.32 Å². The molecule has 1 fully saturated rings. The second-order valence-electron chi connectivity index (χ2n) is 7.91. The lowest BCUT2D eigenvalue weighted by Crippen LogP contribution is -2.54. The van der Waals surface area contributed by atoms with E-state index in [0.717, 1.165) is 15.5 Å². The summed E-state index contributed by atoms with van der Waals surface area (Å²) < 4.78 is 1.76. The van der Waals surface area contributed by atoms with Gasteiger partial charge >= 0.3 is 0 Å². The van der Waals surface area contributed by atoms with E-state index in [4.69, 9.17) is 28.9 Å². The molecule has 3 aromatic carbocycles. The number of carbonyl (C=O) groups is 2. The Morgan fingerprint density at radius 3 is 2.25 bits per heavy atom. The lowest BCUT2D eigenvalue weighted by molar-refractivity contribution is -0.122. The lowest BCUT2D eigenvalue weighted by Gasteiger charge is -2.29. The van der Waals surface area contributed by atoms with Crippen molar-refractivity contribution in [1.82, 2.24) is 15.1 Å². The molecular weight excluding hydrogens is 512 g/mol. The first kappa shape index (κ1) is 24.0. The first-order valence-electron chi connectivity index (χ1n) is 10.9. The summed E-state index contributed by atoms with van der Waals surface area (Å²) in [4.78, 5) is 28.9. The van der Waals surface area contributed by atoms with Gasteiger partial charge in [0.1, 0.15) is 16.3 Å². The van der Waals surface area contributed by atoms with Gasteiger partial charge in [0.2, 0.25) is 0 Å².